The van der Waals surface area contributed by atoms with Crippen LogP contribution in [0.3, 0.4) is 0 Å². The van der Waals surface area contributed by atoms with Crippen LogP contribution in [0.25, 0.3) is 0 Å². The number of ether oxygens (including phenoxy) is 1. The number of carbonyl (C=O) groups excluding carboxylic acids is 1. The molecule has 1 aromatic rings. The molecule has 1 amide bonds. The molecule has 0 aliphatic carbocycles. The van der Waals surface area contributed by atoms with E-state index in [1.807, 2.05) is 31.7 Å². The predicted molar refractivity (Wildman–Crippen MR) is 97.4 cm³/mol. The Morgan fingerprint density at radius 3 is 2.84 bits per heavy atom. The van der Waals surface area contributed by atoms with Gasteiger partial charge in [-0.25, -0.2) is 9.18 Å². The third kappa shape index (κ3) is 3.75. The highest BCUT2D eigenvalue weighted by Crippen LogP contribution is 2.43. The van der Waals surface area contributed by atoms with Gasteiger partial charge in [0, 0.05) is 25.0 Å². The molecule has 0 radical (unpaired) electrons. The lowest BCUT2D eigenvalue weighted by molar-refractivity contribution is 0.0152. The summed E-state index contributed by atoms with van der Waals surface area (Å²) in [5, 5.41) is 3.43. The summed E-state index contributed by atoms with van der Waals surface area (Å²) in [6.07, 6.45) is 2.71. The molecule has 3 rings (SSSR count). The SMILES string of the molecule is CCC1c2cccc(F)c2NC1C1CCCN(C(=O)OC(C)(C)C)C1. The molecule has 1 fully saturated rings. The van der Waals surface area contributed by atoms with Crippen molar-refractivity contribution >= 4 is 11.8 Å². The van der Waals surface area contributed by atoms with E-state index < -0.39 is 5.60 Å². The van der Waals surface area contributed by atoms with E-state index in [1.165, 1.54) is 6.07 Å². The van der Waals surface area contributed by atoms with Crippen molar-refractivity contribution in [2.75, 3.05) is 18.4 Å². The van der Waals surface area contributed by atoms with Crippen molar-refractivity contribution in [1.82, 2.24) is 4.90 Å². The normalized spacial score (nSPS) is 26.1. The van der Waals surface area contributed by atoms with Crippen LogP contribution >= 0.6 is 0 Å². The summed E-state index contributed by atoms with van der Waals surface area (Å²) in [5.41, 5.74) is 1.23. The third-order valence-corrected chi connectivity index (χ3v) is 5.25. The van der Waals surface area contributed by atoms with Crippen molar-refractivity contribution < 1.29 is 13.9 Å². The topological polar surface area (TPSA) is 41.6 Å². The number of rotatable bonds is 2. The fraction of sp³-hybridized carbons (Fsp3) is 0.650. The number of carbonyl (C=O) groups is 1. The number of likely N-dealkylation sites (tertiary alicyclic amines) is 1. The summed E-state index contributed by atoms with van der Waals surface area (Å²) in [7, 11) is 0. The number of hydrogen-bond acceptors (Lipinski definition) is 3. The number of piperidine rings is 1. The molecular weight excluding hydrogens is 319 g/mol. The van der Waals surface area contributed by atoms with Gasteiger partial charge in [-0.3, -0.25) is 0 Å². The van der Waals surface area contributed by atoms with Crippen LogP contribution in [-0.2, 0) is 4.74 Å². The Labute approximate surface area is 149 Å². The summed E-state index contributed by atoms with van der Waals surface area (Å²) >= 11 is 0. The van der Waals surface area contributed by atoms with E-state index in [0.717, 1.165) is 31.4 Å². The maximum absolute atomic E-state index is 14.2. The van der Waals surface area contributed by atoms with Crippen molar-refractivity contribution in [1.29, 1.82) is 0 Å². The van der Waals surface area contributed by atoms with Crippen molar-refractivity contribution in [3.8, 4) is 0 Å². The predicted octanol–water partition coefficient (Wildman–Crippen LogP) is 4.76. The van der Waals surface area contributed by atoms with Gasteiger partial charge in [-0.1, -0.05) is 19.1 Å². The summed E-state index contributed by atoms with van der Waals surface area (Å²) < 4.78 is 19.7. The minimum absolute atomic E-state index is 0.169. The number of para-hydroxylation sites is 1. The van der Waals surface area contributed by atoms with E-state index in [1.54, 1.807) is 6.07 Å². The highest BCUT2D eigenvalue weighted by Gasteiger charge is 2.40. The van der Waals surface area contributed by atoms with Gasteiger partial charge in [0.15, 0.2) is 0 Å². The quantitative estimate of drug-likeness (QED) is 0.838. The lowest BCUT2D eigenvalue weighted by atomic mass is 9.81. The maximum atomic E-state index is 14.2. The van der Waals surface area contributed by atoms with Gasteiger partial charge in [-0.05, 0) is 57.6 Å². The number of amides is 1. The van der Waals surface area contributed by atoms with E-state index in [2.05, 4.69) is 12.2 Å². The van der Waals surface area contributed by atoms with Crippen molar-refractivity contribution in [3.63, 3.8) is 0 Å². The van der Waals surface area contributed by atoms with Crippen LogP contribution < -0.4 is 5.32 Å². The zero-order valence-electron chi connectivity index (χ0n) is 15.6. The maximum Gasteiger partial charge on any atom is 0.410 e. The van der Waals surface area contributed by atoms with Gasteiger partial charge in [0.05, 0.1) is 5.69 Å². The molecule has 25 heavy (non-hydrogen) atoms. The Morgan fingerprint density at radius 1 is 1.40 bits per heavy atom. The number of anilines is 1. The standard InChI is InChI=1S/C20H29FN2O2/c1-5-14-15-9-6-10-16(21)18(15)22-17(14)13-8-7-11-23(12-13)19(24)25-20(2,3)4/h6,9-10,13-14,17,22H,5,7-8,11-12H2,1-4H3. The number of benzene rings is 1. The Hall–Kier alpha value is -1.78. The van der Waals surface area contributed by atoms with Crippen LogP contribution in [0.1, 0.15) is 58.4 Å². The third-order valence-electron chi connectivity index (χ3n) is 5.25. The van der Waals surface area contributed by atoms with E-state index in [4.69, 9.17) is 4.74 Å². The highest BCUT2D eigenvalue weighted by molar-refractivity contribution is 5.68. The first-order valence-corrected chi connectivity index (χ1v) is 9.33. The minimum atomic E-state index is -0.485. The summed E-state index contributed by atoms with van der Waals surface area (Å²) in [4.78, 5) is 14.2. The monoisotopic (exact) mass is 348 g/mol. The van der Waals surface area contributed by atoms with Gasteiger partial charge < -0.3 is 15.0 Å². The summed E-state index contributed by atoms with van der Waals surface area (Å²) in [6.45, 7) is 9.20. The number of nitrogens with zero attached hydrogens (tertiary/aromatic N) is 1. The Bertz CT molecular complexity index is 641. The van der Waals surface area contributed by atoms with Gasteiger partial charge >= 0.3 is 6.09 Å². The molecule has 1 aromatic carbocycles. The molecule has 1 N–H and O–H groups in total. The number of fused-ring (bicyclic) bond motifs is 1. The van der Waals surface area contributed by atoms with Crippen molar-refractivity contribution in [2.45, 2.75) is 64.5 Å². The molecule has 2 heterocycles. The molecule has 2 aliphatic heterocycles. The molecule has 0 aromatic heterocycles. The van der Waals surface area contributed by atoms with E-state index in [0.29, 0.717) is 18.2 Å². The first-order valence-electron chi connectivity index (χ1n) is 9.33. The van der Waals surface area contributed by atoms with Gasteiger partial charge in [-0.2, -0.15) is 0 Å². The van der Waals surface area contributed by atoms with Crippen LogP contribution in [0, 0.1) is 11.7 Å². The van der Waals surface area contributed by atoms with Crippen LogP contribution in [0.2, 0.25) is 0 Å². The molecule has 0 saturated carbocycles. The molecule has 138 valence electrons. The number of halogens is 1. The largest absolute Gasteiger partial charge is 0.444 e. The zero-order valence-corrected chi connectivity index (χ0v) is 15.6. The molecule has 3 unspecified atom stereocenters. The zero-order chi connectivity index (χ0) is 18.2. The lowest BCUT2D eigenvalue weighted by Gasteiger charge is -2.38. The molecule has 0 spiro atoms. The average molecular weight is 348 g/mol. The number of hydrogen-bond donors (Lipinski definition) is 1. The first-order chi connectivity index (χ1) is 11.8. The smallest absolute Gasteiger partial charge is 0.410 e. The lowest BCUT2D eigenvalue weighted by Crippen LogP contribution is -2.47. The van der Waals surface area contributed by atoms with Gasteiger partial charge in [-0.15, -0.1) is 0 Å². The molecular formula is C20H29FN2O2. The van der Waals surface area contributed by atoms with Crippen LogP contribution in [0.15, 0.2) is 18.2 Å². The Morgan fingerprint density at radius 2 is 2.16 bits per heavy atom. The molecule has 0 bridgehead atoms. The Kier molecular flexibility index (Phi) is 4.94. The molecule has 5 heteroatoms. The van der Waals surface area contributed by atoms with E-state index in [9.17, 15) is 9.18 Å². The van der Waals surface area contributed by atoms with Gasteiger partial charge in [0.2, 0.25) is 0 Å². The van der Waals surface area contributed by atoms with E-state index in [-0.39, 0.29) is 23.9 Å². The van der Waals surface area contributed by atoms with Crippen LogP contribution in [0.5, 0.6) is 0 Å². The second-order valence-electron chi connectivity index (χ2n) is 8.22. The average Bonchev–Trinajstić information content (AvgIpc) is 2.93. The van der Waals surface area contributed by atoms with Crippen LogP contribution in [0.4, 0.5) is 14.9 Å². The summed E-state index contributed by atoms with van der Waals surface area (Å²) in [6, 6.07) is 5.49. The van der Waals surface area contributed by atoms with Gasteiger partial charge in [0.1, 0.15) is 11.4 Å². The fourth-order valence-corrected chi connectivity index (χ4v) is 4.18. The second kappa shape index (κ2) is 6.85. The van der Waals surface area contributed by atoms with E-state index >= 15 is 0 Å². The fourth-order valence-electron chi connectivity index (χ4n) is 4.18. The second-order valence-corrected chi connectivity index (χ2v) is 8.22. The van der Waals surface area contributed by atoms with Crippen molar-refractivity contribution in [3.05, 3.63) is 29.6 Å². The van der Waals surface area contributed by atoms with Crippen LogP contribution in [-0.4, -0.2) is 35.7 Å². The molecule has 2 aliphatic rings. The summed E-state index contributed by atoms with van der Waals surface area (Å²) in [5.74, 6) is 0.408. The Balaban J connectivity index is 1.74. The first kappa shape index (κ1) is 18.0. The van der Waals surface area contributed by atoms with Crippen molar-refractivity contribution in [2.24, 2.45) is 5.92 Å². The number of nitrogens with one attached hydrogen (secondary N) is 1. The molecule has 3 atom stereocenters. The molecule has 1 saturated heterocycles. The van der Waals surface area contributed by atoms with Gasteiger partial charge in [0.25, 0.3) is 0 Å². The minimum Gasteiger partial charge on any atom is -0.444 e. The molecule has 4 nitrogen and oxygen atoms in total. The highest BCUT2D eigenvalue weighted by atomic mass is 19.1.